The average molecular weight is 305 g/mol. The number of nitrogens with zero attached hydrogens (tertiary/aromatic N) is 2. The van der Waals surface area contributed by atoms with Crippen LogP contribution in [0.1, 0.15) is 16.0 Å². The zero-order valence-electron chi connectivity index (χ0n) is 12.1. The number of hydrogen-bond acceptors (Lipinski definition) is 5. The van der Waals surface area contributed by atoms with Gasteiger partial charge in [-0.3, -0.25) is 4.90 Å². The SMILES string of the molecule is COc1cc(CN(C)Cc2cccs2)ccc1/C(N)=N/O. The summed E-state index contributed by atoms with van der Waals surface area (Å²) in [6, 6.07) is 9.87. The lowest BCUT2D eigenvalue weighted by Gasteiger charge is -2.17. The molecule has 1 aromatic carbocycles. The maximum Gasteiger partial charge on any atom is 0.173 e. The number of thiophene rings is 1. The Hall–Kier alpha value is -2.05. The van der Waals surface area contributed by atoms with E-state index in [2.05, 4.69) is 34.6 Å². The minimum absolute atomic E-state index is 0.0466. The van der Waals surface area contributed by atoms with Gasteiger partial charge in [-0.1, -0.05) is 17.3 Å². The van der Waals surface area contributed by atoms with E-state index in [1.165, 1.54) is 4.88 Å². The molecule has 0 aliphatic carbocycles. The molecule has 2 rings (SSSR count). The van der Waals surface area contributed by atoms with Crippen LogP contribution in [-0.4, -0.2) is 30.1 Å². The molecule has 3 N–H and O–H groups in total. The minimum atomic E-state index is 0.0466. The smallest absolute Gasteiger partial charge is 0.173 e. The average Bonchev–Trinajstić information content (AvgIpc) is 2.99. The summed E-state index contributed by atoms with van der Waals surface area (Å²) in [4.78, 5) is 3.56. The Balaban J connectivity index is 2.10. The molecule has 1 aromatic heterocycles. The predicted molar refractivity (Wildman–Crippen MR) is 85.0 cm³/mol. The van der Waals surface area contributed by atoms with Gasteiger partial charge in [-0.15, -0.1) is 11.3 Å². The highest BCUT2D eigenvalue weighted by Crippen LogP contribution is 2.21. The van der Waals surface area contributed by atoms with E-state index in [1.807, 2.05) is 18.2 Å². The van der Waals surface area contributed by atoms with Crippen molar-refractivity contribution in [2.45, 2.75) is 13.1 Å². The second-order valence-corrected chi connectivity index (χ2v) is 5.80. The van der Waals surface area contributed by atoms with Crippen molar-refractivity contribution in [3.63, 3.8) is 0 Å². The van der Waals surface area contributed by atoms with E-state index in [0.29, 0.717) is 11.3 Å². The third-order valence-electron chi connectivity index (χ3n) is 3.11. The molecule has 0 amide bonds. The molecule has 0 aliphatic rings. The van der Waals surface area contributed by atoms with Crippen molar-refractivity contribution in [3.8, 4) is 5.75 Å². The molecule has 2 aromatic rings. The van der Waals surface area contributed by atoms with E-state index in [1.54, 1.807) is 18.4 Å². The fourth-order valence-electron chi connectivity index (χ4n) is 2.14. The maximum absolute atomic E-state index is 8.77. The van der Waals surface area contributed by atoms with Gasteiger partial charge in [-0.2, -0.15) is 0 Å². The molecule has 0 fully saturated rings. The molecular weight excluding hydrogens is 286 g/mol. The van der Waals surface area contributed by atoms with Crippen LogP contribution in [0.2, 0.25) is 0 Å². The van der Waals surface area contributed by atoms with Crippen molar-refractivity contribution in [2.75, 3.05) is 14.2 Å². The van der Waals surface area contributed by atoms with Gasteiger partial charge in [-0.25, -0.2) is 0 Å². The first-order valence-electron chi connectivity index (χ1n) is 6.49. The Labute approximate surface area is 128 Å². The zero-order valence-corrected chi connectivity index (χ0v) is 12.9. The number of nitrogens with two attached hydrogens (primary N) is 1. The molecule has 112 valence electrons. The summed E-state index contributed by atoms with van der Waals surface area (Å²) in [6.45, 7) is 1.70. The van der Waals surface area contributed by atoms with Gasteiger partial charge < -0.3 is 15.7 Å². The van der Waals surface area contributed by atoms with Crippen LogP contribution in [0.4, 0.5) is 0 Å². The Morgan fingerprint density at radius 3 is 2.81 bits per heavy atom. The van der Waals surface area contributed by atoms with Crippen LogP contribution in [0.3, 0.4) is 0 Å². The summed E-state index contributed by atoms with van der Waals surface area (Å²) < 4.78 is 5.31. The van der Waals surface area contributed by atoms with Gasteiger partial charge in [-0.05, 0) is 36.2 Å². The van der Waals surface area contributed by atoms with Gasteiger partial charge in [0.25, 0.3) is 0 Å². The standard InChI is InChI=1S/C15H19N3O2S/c1-18(10-12-4-3-7-21-12)9-11-5-6-13(15(16)17-19)14(8-11)20-2/h3-8,19H,9-10H2,1-2H3,(H2,16,17). The molecule has 21 heavy (non-hydrogen) atoms. The normalized spacial score (nSPS) is 11.9. The molecule has 0 spiro atoms. The lowest BCUT2D eigenvalue weighted by Crippen LogP contribution is -2.18. The molecule has 0 bridgehead atoms. The minimum Gasteiger partial charge on any atom is -0.496 e. The summed E-state index contributed by atoms with van der Waals surface area (Å²) in [6.07, 6.45) is 0. The number of ether oxygens (including phenoxy) is 1. The maximum atomic E-state index is 8.77. The van der Waals surface area contributed by atoms with E-state index in [9.17, 15) is 0 Å². The van der Waals surface area contributed by atoms with Gasteiger partial charge in [0.2, 0.25) is 0 Å². The third kappa shape index (κ3) is 3.96. The van der Waals surface area contributed by atoms with Crippen LogP contribution < -0.4 is 10.5 Å². The number of methoxy groups -OCH3 is 1. The van der Waals surface area contributed by atoms with Gasteiger partial charge >= 0.3 is 0 Å². The number of benzene rings is 1. The molecule has 6 heteroatoms. The van der Waals surface area contributed by atoms with Crippen LogP contribution >= 0.6 is 11.3 Å². The molecule has 0 radical (unpaired) electrons. The summed E-state index contributed by atoms with van der Waals surface area (Å²) in [7, 11) is 3.65. The number of rotatable bonds is 6. The topological polar surface area (TPSA) is 71.1 Å². The van der Waals surface area contributed by atoms with E-state index in [0.717, 1.165) is 18.7 Å². The largest absolute Gasteiger partial charge is 0.496 e. The molecule has 1 heterocycles. The Kier molecular flexibility index (Phi) is 5.19. The first-order chi connectivity index (χ1) is 10.1. The zero-order chi connectivity index (χ0) is 15.2. The lowest BCUT2D eigenvalue weighted by atomic mass is 10.1. The molecular formula is C15H19N3O2S. The summed E-state index contributed by atoms with van der Waals surface area (Å²) in [5.74, 6) is 0.651. The van der Waals surface area contributed by atoms with E-state index < -0.39 is 0 Å². The van der Waals surface area contributed by atoms with Crippen molar-refractivity contribution >= 4 is 17.2 Å². The quantitative estimate of drug-likeness (QED) is 0.372. The monoisotopic (exact) mass is 305 g/mol. The number of oxime groups is 1. The van der Waals surface area contributed by atoms with Crippen molar-refractivity contribution < 1.29 is 9.94 Å². The van der Waals surface area contributed by atoms with Gasteiger partial charge in [0.15, 0.2) is 5.84 Å². The molecule has 0 atom stereocenters. The van der Waals surface area contributed by atoms with Gasteiger partial charge in [0, 0.05) is 18.0 Å². The first kappa shape index (κ1) is 15.3. The number of amidine groups is 1. The van der Waals surface area contributed by atoms with Crippen LogP contribution in [0, 0.1) is 0 Å². The highest BCUT2D eigenvalue weighted by atomic mass is 32.1. The predicted octanol–water partition coefficient (Wildman–Crippen LogP) is 2.48. The molecule has 0 unspecified atom stereocenters. The van der Waals surface area contributed by atoms with Crippen LogP contribution in [0.25, 0.3) is 0 Å². The van der Waals surface area contributed by atoms with Crippen molar-refractivity contribution in [2.24, 2.45) is 10.9 Å². The summed E-state index contributed by atoms with van der Waals surface area (Å²) in [5.41, 5.74) is 7.32. The lowest BCUT2D eigenvalue weighted by molar-refractivity contribution is 0.317. The van der Waals surface area contributed by atoms with Gasteiger partial charge in [0.1, 0.15) is 5.75 Å². The second kappa shape index (κ2) is 7.10. The van der Waals surface area contributed by atoms with Crippen molar-refractivity contribution in [3.05, 3.63) is 51.7 Å². The van der Waals surface area contributed by atoms with Crippen LogP contribution in [0.15, 0.2) is 40.9 Å². The Bertz CT molecular complexity index is 611. The molecule has 0 saturated carbocycles. The van der Waals surface area contributed by atoms with Crippen molar-refractivity contribution in [1.82, 2.24) is 4.90 Å². The van der Waals surface area contributed by atoms with Gasteiger partial charge in [0.05, 0.1) is 12.7 Å². The fraction of sp³-hybridized carbons (Fsp3) is 0.267. The third-order valence-corrected chi connectivity index (χ3v) is 3.97. The van der Waals surface area contributed by atoms with E-state index in [-0.39, 0.29) is 5.84 Å². The summed E-state index contributed by atoms with van der Waals surface area (Å²) >= 11 is 1.75. The second-order valence-electron chi connectivity index (χ2n) is 4.77. The molecule has 5 nitrogen and oxygen atoms in total. The molecule has 0 aliphatic heterocycles. The van der Waals surface area contributed by atoms with E-state index >= 15 is 0 Å². The van der Waals surface area contributed by atoms with Crippen LogP contribution in [-0.2, 0) is 13.1 Å². The first-order valence-corrected chi connectivity index (χ1v) is 7.37. The molecule has 0 saturated heterocycles. The Morgan fingerprint density at radius 1 is 1.38 bits per heavy atom. The fourth-order valence-corrected chi connectivity index (χ4v) is 2.92. The van der Waals surface area contributed by atoms with E-state index in [4.69, 9.17) is 15.7 Å². The number of hydrogen-bond donors (Lipinski definition) is 2. The van der Waals surface area contributed by atoms with Crippen LogP contribution in [0.5, 0.6) is 5.75 Å². The highest BCUT2D eigenvalue weighted by molar-refractivity contribution is 7.09. The highest BCUT2D eigenvalue weighted by Gasteiger charge is 2.10. The summed E-state index contributed by atoms with van der Waals surface area (Å²) in [5, 5.41) is 13.9. The van der Waals surface area contributed by atoms with Crippen molar-refractivity contribution in [1.29, 1.82) is 0 Å². The Morgan fingerprint density at radius 2 is 2.19 bits per heavy atom.